The fourth-order valence-corrected chi connectivity index (χ4v) is 3.26. The van der Waals surface area contributed by atoms with Gasteiger partial charge in [-0.25, -0.2) is 4.79 Å². The van der Waals surface area contributed by atoms with Crippen LogP contribution in [0.25, 0.3) is 0 Å². The van der Waals surface area contributed by atoms with Crippen LogP contribution in [0.15, 0.2) is 12.1 Å². The highest BCUT2D eigenvalue weighted by Gasteiger charge is 2.42. The van der Waals surface area contributed by atoms with Crippen LogP contribution in [0.1, 0.15) is 55.6 Å². The molecular formula is C14H20ClNO2. The molecule has 1 aliphatic rings. The molecule has 0 heterocycles. The number of aromatic carboxylic acids is 1. The van der Waals surface area contributed by atoms with Crippen LogP contribution >= 0.6 is 0 Å². The van der Waals surface area contributed by atoms with Crippen LogP contribution in [0, 0.1) is 0 Å². The lowest BCUT2D eigenvalue weighted by Gasteiger charge is -2.22. The molecule has 0 saturated carbocycles. The topological polar surface area (TPSA) is 64.9 Å². The van der Waals surface area contributed by atoms with Gasteiger partial charge in [0.1, 0.15) is 11.3 Å². The predicted octanol–water partition coefficient (Wildman–Crippen LogP) is -0.779. The summed E-state index contributed by atoms with van der Waals surface area (Å²) < 4.78 is 0. The Hall–Kier alpha value is -1.06. The summed E-state index contributed by atoms with van der Waals surface area (Å²) in [6.07, 6.45) is 1.04. The Kier molecular flexibility index (Phi) is 3.54. The number of rotatable bonds is 1. The number of quaternary nitrogens is 1. The first kappa shape index (κ1) is 15.0. The maximum absolute atomic E-state index is 11.2. The number of hydrogen-bond acceptors (Lipinski definition) is 1. The van der Waals surface area contributed by atoms with Crippen LogP contribution in [-0.4, -0.2) is 11.1 Å². The molecule has 0 aliphatic heterocycles. The van der Waals surface area contributed by atoms with E-state index in [0.29, 0.717) is 11.3 Å². The molecule has 1 aromatic carbocycles. The van der Waals surface area contributed by atoms with Gasteiger partial charge in [-0.15, -0.1) is 0 Å². The molecule has 0 atom stereocenters. The molecule has 0 fully saturated rings. The van der Waals surface area contributed by atoms with Crippen LogP contribution in [0.4, 0.5) is 5.69 Å². The number of benzene rings is 1. The van der Waals surface area contributed by atoms with Crippen molar-refractivity contribution < 1.29 is 28.0 Å². The summed E-state index contributed by atoms with van der Waals surface area (Å²) in [5.74, 6) is -0.890. The molecule has 1 aromatic rings. The molecular weight excluding hydrogens is 250 g/mol. The van der Waals surface area contributed by atoms with Gasteiger partial charge in [0.2, 0.25) is 0 Å². The van der Waals surface area contributed by atoms with Gasteiger partial charge in [0, 0.05) is 6.07 Å². The zero-order chi connectivity index (χ0) is 13.0. The number of halogens is 1. The molecule has 0 unspecified atom stereocenters. The van der Waals surface area contributed by atoms with Gasteiger partial charge in [-0.2, -0.15) is 0 Å². The van der Waals surface area contributed by atoms with E-state index in [1.807, 2.05) is 12.1 Å². The third-order valence-corrected chi connectivity index (χ3v) is 3.82. The molecule has 0 radical (unpaired) electrons. The standard InChI is InChI=1S/C14H19NO2.ClH/c1-13(2)7-14(3,4)10-6-11(15)8(12(16)17)5-9(10)13;/h5-6H,7,15H2,1-4H3,(H,16,17);1H. The summed E-state index contributed by atoms with van der Waals surface area (Å²) in [4.78, 5) is 11.2. The Bertz CT molecular complexity index is 507. The second-order valence-corrected chi connectivity index (χ2v) is 6.30. The molecule has 100 valence electrons. The molecule has 4 heteroatoms. The van der Waals surface area contributed by atoms with Crippen molar-refractivity contribution in [2.75, 3.05) is 0 Å². The zero-order valence-electron chi connectivity index (χ0n) is 11.3. The Morgan fingerprint density at radius 3 is 2.06 bits per heavy atom. The molecule has 18 heavy (non-hydrogen) atoms. The van der Waals surface area contributed by atoms with E-state index < -0.39 is 5.97 Å². The van der Waals surface area contributed by atoms with Gasteiger partial charge < -0.3 is 23.2 Å². The van der Waals surface area contributed by atoms with Crippen molar-refractivity contribution in [3.8, 4) is 0 Å². The zero-order valence-corrected chi connectivity index (χ0v) is 12.1. The molecule has 0 amide bonds. The first-order chi connectivity index (χ1) is 7.65. The minimum atomic E-state index is -0.890. The van der Waals surface area contributed by atoms with Gasteiger partial charge in [0.05, 0.1) is 0 Å². The lowest BCUT2D eigenvalue weighted by molar-refractivity contribution is -0.255. The first-order valence-corrected chi connectivity index (χ1v) is 5.89. The van der Waals surface area contributed by atoms with Crippen molar-refractivity contribution >= 4 is 11.7 Å². The Morgan fingerprint density at radius 2 is 1.61 bits per heavy atom. The second-order valence-electron chi connectivity index (χ2n) is 6.30. The summed E-state index contributed by atoms with van der Waals surface area (Å²) >= 11 is 0. The van der Waals surface area contributed by atoms with Gasteiger partial charge in [-0.1, -0.05) is 27.7 Å². The molecule has 0 bridgehead atoms. The van der Waals surface area contributed by atoms with Gasteiger partial charge >= 0.3 is 5.97 Å². The molecule has 4 N–H and O–H groups in total. The van der Waals surface area contributed by atoms with Gasteiger partial charge in [-0.05, 0) is 34.4 Å². The molecule has 0 spiro atoms. The smallest absolute Gasteiger partial charge is 0.341 e. The maximum atomic E-state index is 11.2. The van der Waals surface area contributed by atoms with E-state index in [1.54, 1.807) is 0 Å². The molecule has 2 rings (SSSR count). The van der Waals surface area contributed by atoms with Crippen molar-refractivity contribution in [1.29, 1.82) is 0 Å². The third kappa shape index (κ3) is 2.13. The van der Waals surface area contributed by atoms with Crippen molar-refractivity contribution in [3.63, 3.8) is 0 Å². The molecule has 0 saturated heterocycles. The van der Waals surface area contributed by atoms with Crippen molar-refractivity contribution in [2.24, 2.45) is 0 Å². The van der Waals surface area contributed by atoms with E-state index in [0.717, 1.165) is 12.0 Å². The predicted molar refractivity (Wildman–Crippen MR) is 66.6 cm³/mol. The van der Waals surface area contributed by atoms with Gasteiger partial charge in [0.15, 0.2) is 0 Å². The van der Waals surface area contributed by atoms with Crippen molar-refractivity contribution in [2.45, 2.75) is 44.9 Å². The van der Waals surface area contributed by atoms with E-state index in [-0.39, 0.29) is 23.2 Å². The quantitative estimate of drug-likeness (QED) is 0.703. The van der Waals surface area contributed by atoms with E-state index in [2.05, 4.69) is 33.4 Å². The second kappa shape index (κ2) is 4.25. The summed E-state index contributed by atoms with van der Waals surface area (Å²) in [5, 5.41) is 9.16. The van der Waals surface area contributed by atoms with E-state index in [4.69, 9.17) is 5.11 Å². The fourth-order valence-electron chi connectivity index (χ4n) is 3.26. The highest BCUT2D eigenvalue weighted by molar-refractivity contribution is 5.93. The number of hydrogen-bond donors (Lipinski definition) is 2. The van der Waals surface area contributed by atoms with Crippen LogP contribution in [-0.2, 0) is 10.8 Å². The molecule has 3 nitrogen and oxygen atoms in total. The maximum Gasteiger partial charge on any atom is 0.341 e. The van der Waals surface area contributed by atoms with Crippen LogP contribution in [0.5, 0.6) is 0 Å². The largest absolute Gasteiger partial charge is 1.00 e. The van der Waals surface area contributed by atoms with E-state index >= 15 is 0 Å². The average Bonchev–Trinajstić information content (AvgIpc) is 2.30. The monoisotopic (exact) mass is 269 g/mol. The Morgan fingerprint density at radius 1 is 1.17 bits per heavy atom. The van der Waals surface area contributed by atoms with Gasteiger partial charge in [-0.3, -0.25) is 0 Å². The summed E-state index contributed by atoms with van der Waals surface area (Å²) in [5.41, 5.74) is 7.34. The normalized spacial score (nSPS) is 18.9. The third-order valence-electron chi connectivity index (χ3n) is 3.82. The fraction of sp³-hybridized carbons (Fsp3) is 0.500. The van der Waals surface area contributed by atoms with Crippen molar-refractivity contribution in [1.82, 2.24) is 0 Å². The molecule has 1 aliphatic carbocycles. The Balaban J connectivity index is 0.00000162. The van der Waals surface area contributed by atoms with Crippen LogP contribution in [0.2, 0.25) is 0 Å². The minimum Gasteiger partial charge on any atom is -1.00 e. The Labute approximate surface area is 114 Å². The average molecular weight is 270 g/mol. The lowest BCUT2D eigenvalue weighted by atomic mass is 9.82. The SMILES string of the molecule is CC1(C)CC(C)(C)c2cc(C(=O)O)c([NH3+])cc21.[Cl-]. The molecule has 0 aromatic heterocycles. The summed E-state index contributed by atoms with van der Waals surface area (Å²) in [6.45, 7) is 8.77. The van der Waals surface area contributed by atoms with Crippen LogP contribution < -0.4 is 18.1 Å². The summed E-state index contributed by atoms with van der Waals surface area (Å²) in [7, 11) is 0. The number of fused-ring (bicyclic) bond motifs is 1. The highest BCUT2D eigenvalue weighted by Crippen LogP contribution is 2.50. The number of carboxylic acid groups (broad SMARTS) is 1. The first-order valence-electron chi connectivity index (χ1n) is 5.89. The van der Waals surface area contributed by atoms with Crippen molar-refractivity contribution in [3.05, 3.63) is 28.8 Å². The highest BCUT2D eigenvalue weighted by atomic mass is 35.5. The summed E-state index contributed by atoms with van der Waals surface area (Å²) in [6, 6.07) is 3.77. The van der Waals surface area contributed by atoms with Crippen LogP contribution in [0.3, 0.4) is 0 Å². The van der Waals surface area contributed by atoms with E-state index in [1.165, 1.54) is 5.56 Å². The minimum absolute atomic E-state index is 0. The number of carbonyl (C=O) groups is 1. The number of carboxylic acids is 1. The van der Waals surface area contributed by atoms with E-state index in [9.17, 15) is 4.79 Å². The van der Waals surface area contributed by atoms with Gasteiger partial charge in [0.25, 0.3) is 0 Å². The lowest BCUT2D eigenvalue weighted by Crippen LogP contribution is -3.00.